The summed E-state index contributed by atoms with van der Waals surface area (Å²) in [6.45, 7) is 4.31. The summed E-state index contributed by atoms with van der Waals surface area (Å²) in [5, 5.41) is 8.59. The van der Waals surface area contributed by atoms with Crippen LogP contribution in [0.25, 0.3) is 0 Å². The average molecular weight is 599 g/mol. The summed E-state index contributed by atoms with van der Waals surface area (Å²) >= 11 is 1.34. The number of para-hydroxylation sites is 1. The van der Waals surface area contributed by atoms with Crippen LogP contribution in [0.4, 0.5) is 10.3 Å². The molecule has 1 fully saturated rings. The topological polar surface area (TPSA) is 78.3 Å². The summed E-state index contributed by atoms with van der Waals surface area (Å²) in [4.78, 5) is 18.6. The van der Waals surface area contributed by atoms with Gasteiger partial charge in [0.15, 0.2) is 0 Å². The molecule has 1 N–H and O–H groups in total. The lowest BCUT2D eigenvalue weighted by Crippen LogP contribution is -2.32. The van der Waals surface area contributed by atoms with Crippen LogP contribution in [0.3, 0.4) is 0 Å². The number of anilines is 1. The highest BCUT2D eigenvalue weighted by molar-refractivity contribution is 7.98. The Morgan fingerprint density at radius 3 is 2.49 bits per heavy atom. The summed E-state index contributed by atoms with van der Waals surface area (Å²) in [6, 6.07) is 21.9. The van der Waals surface area contributed by atoms with Crippen molar-refractivity contribution in [2.75, 3.05) is 5.32 Å². The number of hydrogen-bond donors (Lipinski definition) is 1. The lowest BCUT2D eigenvalue weighted by atomic mass is 9.94. The van der Waals surface area contributed by atoms with Crippen LogP contribution in [-0.4, -0.2) is 26.8 Å². The summed E-state index contributed by atoms with van der Waals surface area (Å²) in [7, 11) is 0. The first-order valence-corrected chi connectivity index (χ1v) is 15.7. The Morgan fingerprint density at radius 1 is 0.977 bits per heavy atom. The number of esters is 1. The minimum atomic E-state index is -0.629. The molecule has 0 bridgehead atoms. The smallest absolute Gasteiger partial charge is 0.338 e. The molecule has 0 amide bonds. The van der Waals surface area contributed by atoms with Gasteiger partial charge >= 0.3 is 5.97 Å². The highest BCUT2D eigenvalue weighted by Gasteiger charge is 2.38. The summed E-state index contributed by atoms with van der Waals surface area (Å²) < 4.78 is 28.5. The number of carbonyl (C=O) groups excluding carboxylic acids is 1. The van der Waals surface area contributed by atoms with Gasteiger partial charge in [-0.15, -0.1) is 5.10 Å². The predicted octanol–water partition coefficient (Wildman–Crippen LogP) is 7.76. The number of ether oxygens (including phenoxy) is 2. The predicted molar refractivity (Wildman–Crippen MR) is 165 cm³/mol. The zero-order valence-electron chi connectivity index (χ0n) is 24.4. The minimum Gasteiger partial charge on any atom is -0.489 e. The fraction of sp³-hybridized carbons (Fsp3) is 0.324. The number of aromatic nitrogens is 3. The Kier molecular flexibility index (Phi) is 8.79. The van der Waals surface area contributed by atoms with Crippen molar-refractivity contribution in [1.82, 2.24) is 14.8 Å². The fourth-order valence-electron chi connectivity index (χ4n) is 5.67. The van der Waals surface area contributed by atoms with Crippen molar-refractivity contribution >= 4 is 23.7 Å². The third kappa shape index (κ3) is 6.46. The van der Waals surface area contributed by atoms with Crippen LogP contribution in [0.5, 0.6) is 5.75 Å². The van der Waals surface area contributed by atoms with Crippen molar-refractivity contribution in [3.05, 3.63) is 112 Å². The number of carbonyl (C=O) groups is 1. The zero-order chi connectivity index (χ0) is 29.8. The molecule has 1 aromatic heterocycles. The Balaban J connectivity index is 1.35. The lowest BCUT2D eigenvalue weighted by molar-refractivity contribution is -0.146. The van der Waals surface area contributed by atoms with E-state index in [0.29, 0.717) is 46.0 Å². The summed E-state index contributed by atoms with van der Waals surface area (Å²) in [6.07, 6.45) is 4.93. The van der Waals surface area contributed by atoms with E-state index in [1.807, 2.05) is 55.5 Å². The first-order valence-electron chi connectivity index (χ1n) is 14.8. The number of nitrogens with zero attached hydrogens (tertiary/aromatic N) is 3. The van der Waals surface area contributed by atoms with Crippen LogP contribution in [-0.2, 0) is 21.9 Å². The zero-order valence-corrected chi connectivity index (χ0v) is 25.2. The molecule has 43 heavy (non-hydrogen) atoms. The second-order valence-electron chi connectivity index (χ2n) is 11.0. The van der Waals surface area contributed by atoms with E-state index in [-0.39, 0.29) is 17.9 Å². The molecule has 0 saturated heterocycles. The molecule has 3 aromatic carbocycles. The van der Waals surface area contributed by atoms with Crippen LogP contribution < -0.4 is 10.1 Å². The normalized spacial score (nSPS) is 16.9. The van der Waals surface area contributed by atoms with Crippen LogP contribution in [0.15, 0.2) is 89.2 Å². The van der Waals surface area contributed by atoms with Gasteiger partial charge in [0, 0.05) is 17.0 Å². The standard InChI is InChI=1S/C34H35FN4O3S/c1-22-12-6-7-13-24(22)20-41-29-19-11-9-17-27(29)31-30(32(40)42-26-15-4-3-5-16-26)23(2)36-33-37-34(38-39(31)33)43-21-25-14-8-10-18-28(25)35/h6-14,17-19,26,31H,3-5,15-16,20-21H2,1-2H3,(H,36,37,38). The van der Waals surface area contributed by atoms with Gasteiger partial charge in [-0.25, -0.2) is 13.9 Å². The van der Waals surface area contributed by atoms with Gasteiger partial charge in [-0.3, -0.25) is 0 Å². The van der Waals surface area contributed by atoms with E-state index >= 15 is 0 Å². The molecule has 222 valence electrons. The van der Waals surface area contributed by atoms with Crippen molar-refractivity contribution < 1.29 is 18.7 Å². The molecule has 1 atom stereocenters. The molecule has 1 aliphatic carbocycles. The molecule has 9 heteroatoms. The third-order valence-corrected chi connectivity index (χ3v) is 8.94. The molecule has 1 aliphatic heterocycles. The van der Waals surface area contributed by atoms with Crippen LogP contribution >= 0.6 is 11.8 Å². The Labute approximate surface area is 255 Å². The van der Waals surface area contributed by atoms with E-state index in [1.54, 1.807) is 16.8 Å². The van der Waals surface area contributed by atoms with Crippen molar-refractivity contribution in [3.63, 3.8) is 0 Å². The van der Waals surface area contributed by atoms with Gasteiger partial charge in [-0.1, -0.05) is 78.8 Å². The first-order chi connectivity index (χ1) is 21.0. The molecular weight excluding hydrogens is 563 g/mol. The molecule has 6 rings (SSSR count). The van der Waals surface area contributed by atoms with Gasteiger partial charge < -0.3 is 14.8 Å². The fourth-order valence-corrected chi connectivity index (χ4v) is 6.48. The van der Waals surface area contributed by atoms with Crippen LogP contribution in [0.1, 0.15) is 67.3 Å². The molecule has 2 aliphatic rings. The number of thioether (sulfide) groups is 1. The monoisotopic (exact) mass is 598 g/mol. The molecule has 4 aromatic rings. The Bertz CT molecular complexity index is 1650. The van der Waals surface area contributed by atoms with Gasteiger partial charge in [0.2, 0.25) is 11.1 Å². The van der Waals surface area contributed by atoms with Gasteiger partial charge in [0.05, 0.1) is 5.57 Å². The van der Waals surface area contributed by atoms with Gasteiger partial charge in [-0.2, -0.15) is 4.98 Å². The van der Waals surface area contributed by atoms with Crippen LogP contribution in [0, 0.1) is 12.7 Å². The first kappa shape index (κ1) is 29.0. The number of hydrogen-bond acceptors (Lipinski definition) is 7. The Morgan fingerprint density at radius 2 is 1.70 bits per heavy atom. The quantitative estimate of drug-likeness (QED) is 0.156. The summed E-state index contributed by atoms with van der Waals surface area (Å²) in [5.41, 5.74) is 4.71. The molecule has 1 unspecified atom stereocenters. The summed E-state index contributed by atoms with van der Waals surface area (Å²) in [5.74, 6) is 0.897. The molecule has 2 heterocycles. The van der Waals surface area contributed by atoms with Gasteiger partial charge in [0.1, 0.15) is 30.3 Å². The molecular formula is C34H35FN4O3S. The number of aryl methyl sites for hydroxylation is 1. The van der Waals surface area contributed by atoms with E-state index in [4.69, 9.17) is 19.6 Å². The van der Waals surface area contributed by atoms with Crippen molar-refractivity contribution in [2.24, 2.45) is 0 Å². The van der Waals surface area contributed by atoms with Gasteiger partial charge in [0.25, 0.3) is 0 Å². The highest BCUT2D eigenvalue weighted by Crippen LogP contribution is 2.41. The molecule has 7 nitrogen and oxygen atoms in total. The number of halogens is 1. The maximum absolute atomic E-state index is 14.3. The molecule has 1 saturated carbocycles. The maximum Gasteiger partial charge on any atom is 0.338 e. The lowest BCUT2D eigenvalue weighted by Gasteiger charge is -2.31. The second-order valence-corrected chi connectivity index (χ2v) is 12.0. The van der Waals surface area contributed by atoms with E-state index < -0.39 is 6.04 Å². The van der Waals surface area contributed by atoms with Crippen molar-refractivity contribution in [3.8, 4) is 5.75 Å². The number of rotatable bonds is 9. The van der Waals surface area contributed by atoms with E-state index in [2.05, 4.69) is 18.3 Å². The highest BCUT2D eigenvalue weighted by atomic mass is 32.2. The van der Waals surface area contributed by atoms with E-state index in [0.717, 1.165) is 42.4 Å². The number of fused-ring (bicyclic) bond motifs is 1. The molecule has 0 spiro atoms. The SMILES string of the molecule is CC1=C(C(=O)OC2CCCCC2)C(c2ccccc2OCc2ccccc2C)n2nc(SCc3ccccc3F)nc2N1. The average Bonchev–Trinajstić information content (AvgIpc) is 3.42. The van der Waals surface area contributed by atoms with Gasteiger partial charge in [-0.05, 0) is 68.4 Å². The second kappa shape index (κ2) is 13.0. The number of benzene rings is 3. The number of allylic oxidation sites excluding steroid dienone is 1. The van der Waals surface area contributed by atoms with Crippen LogP contribution in [0.2, 0.25) is 0 Å². The largest absolute Gasteiger partial charge is 0.489 e. The van der Waals surface area contributed by atoms with E-state index in [9.17, 15) is 9.18 Å². The maximum atomic E-state index is 14.3. The minimum absolute atomic E-state index is 0.0984. The third-order valence-electron chi connectivity index (χ3n) is 8.05. The van der Waals surface area contributed by atoms with E-state index in [1.165, 1.54) is 24.2 Å². The van der Waals surface area contributed by atoms with Crippen molar-refractivity contribution in [2.45, 2.75) is 75.6 Å². The number of nitrogens with one attached hydrogen (secondary N) is 1. The van der Waals surface area contributed by atoms with Crippen molar-refractivity contribution in [1.29, 1.82) is 0 Å². The molecule has 0 radical (unpaired) electrons. The Hall–Kier alpha value is -4.11.